The molecule has 0 saturated carbocycles. The minimum absolute atomic E-state index is 0.106. The van der Waals surface area contributed by atoms with Crippen molar-refractivity contribution in [3.05, 3.63) is 77.4 Å². The van der Waals surface area contributed by atoms with Gasteiger partial charge in [-0.1, -0.05) is 93.6 Å². The fourth-order valence-electron chi connectivity index (χ4n) is 3.29. The molecule has 0 aliphatic heterocycles. The highest BCUT2D eigenvalue weighted by atomic mass is 16.7. The summed E-state index contributed by atoms with van der Waals surface area (Å²) >= 11 is 0. The number of amides is 1. The van der Waals surface area contributed by atoms with Gasteiger partial charge in [-0.2, -0.15) is 0 Å². The molecule has 3 heteroatoms. The van der Waals surface area contributed by atoms with Crippen LogP contribution in [0.25, 0.3) is 6.08 Å². The average molecular weight is 394 g/mol. The van der Waals surface area contributed by atoms with E-state index in [9.17, 15) is 4.79 Å². The second kappa shape index (κ2) is 13.7. The molecule has 0 fully saturated rings. The van der Waals surface area contributed by atoms with Crippen molar-refractivity contribution >= 4 is 12.0 Å². The number of carbonyl (C=O) groups excluding carboxylic acids is 1. The van der Waals surface area contributed by atoms with Gasteiger partial charge in [0.2, 0.25) is 0 Å². The quantitative estimate of drug-likeness (QED) is 0.280. The van der Waals surface area contributed by atoms with Crippen LogP contribution in [0.4, 0.5) is 0 Å². The van der Waals surface area contributed by atoms with Crippen LogP contribution in [0.5, 0.6) is 0 Å². The fourth-order valence-corrected chi connectivity index (χ4v) is 3.29. The summed E-state index contributed by atoms with van der Waals surface area (Å²) in [4.78, 5) is 18.0. The number of benzene rings is 2. The van der Waals surface area contributed by atoms with Crippen molar-refractivity contribution in [3.8, 4) is 0 Å². The molecule has 156 valence electrons. The number of carbonyl (C=O) groups is 1. The molecule has 0 saturated heterocycles. The first-order valence-electron chi connectivity index (χ1n) is 10.9. The number of rotatable bonds is 13. The third kappa shape index (κ3) is 8.66. The maximum absolute atomic E-state index is 12.7. The van der Waals surface area contributed by atoms with Gasteiger partial charge in [-0.25, -0.2) is 5.06 Å². The molecular formula is C26H35NO2. The summed E-state index contributed by atoms with van der Waals surface area (Å²) in [5.74, 6) is -0.106. The van der Waals surface area contributed by atoms with Gasteiger partial charge in [0.15, 0.2) is 0 Å². The normalized spacial score (nSPS) is 11.1. The zero-order chi connectivity index (χ0) is 20.7. The number of unbranched alkanes of at least 4 members (excludes halogenated alkanes) is 6. The molecule has 1 amide bonds. The molecule has 3 nitrogen and oxygen atoms in total. The van der Waals surface area contributed by atoms with Crippen molar-refractivity contribution in [1.82, 2.24) is 5.06 Å². The number of hydrogen-bond donors (Lipinski definition) is 0. The molecule has 2 aromatic rings. The highest BCUT2D eigenvalue weighted by Gasteiger charge is 2.15. The van der Waals surface area contributed by atoms with Crippen LogP contribution >= 0.6 is 0 Å². The monoisotopic (exact) mass is 393 g/mol. The summed E-state index contributed by atoms with van der Waals surface area (Å²) < 4.78 is 0. The van der Waals surface area contributed by atoms with Gasteiger partial charge in [-0.05, 0) is 42.5 Å². The Morgan fingerprint density at radius 3 is 2.31 bits per heavy atom. The molecule has 2 rings (SSSR count). The van der Waals surface area contributed by atoms with Crippen molar-refractivity contribution in [1.29, 1.82) is 0 Å². The van der Waals surface area contributed by atoms with Crippen LogP contribution in [-0.2, 0) is 11.3 Å². The topological polar surface area (TPSA) is 29.5 Å². The summed E-state index contributed by atoms with van der Waals surface area (Å²) in [5, 5.41) is 1.43. The molecule has 0 aromatic heterocycles. The van der Waals surface area contributed by atoms with E-state index in [-0.39, 0.29) is 5.91 Å². The van der Waals surface area contributed by atoms with Gasteiger partial charge in [0.05, 0.1) is 13.7 Å². The second-order valence-electron chi connectivity index (χ2n) is 7.41. The molecule has 0 unspecified atom stereocenters. The molecular weight excluding hydrogens is 358 g/mol. The predicted octanol–water partition coefficient (Wildman–Crippen LogP) is 6.70. The van der Waals surface area contributed by atoms with Crippen molar-refractivity contribution in [3.63, 3.8) is 0 Å². The molecule has 0 radical (unpaired) electrons. The first-order valence-corrected chi connectivity index (χ1v) is 10.9. The van der Waals surface area contributed by atoms with Gasteiger partial charge in [-0.15, -0.1) is 0 Å². The number of hydrogen-bond acceptors (Lipinski definition) is 2. The fraction of sp³-hybridized carbons (Fsp3) is 0.423. The van der Waals surface area contributed by atoms with Crippen LogP contribution in [0, 0.1) is 0 Å². The van der Waals surface area contributed by atoms with Crippen LogP contribution in [0.15, 0.2) is 60.7 Å². The summed E-state index contributed by atoms with van der Waals surface area (Å²) in [7, 11) is 1.54. The Balaban J connectivity index is 1.78. The van der Waals surface area contributed by atoms with Crippen molar-refractivity contribution < 1.29 is 9.63 Å². The SMILES string of the molecule is CCCCCCCCC=Cc1ccc(C(=O)N(CCc2ccccc2)OC)cc1. The smallest absolute Gasteiger partial charge is 0.274 e. The summed E-state index contributed by atoms with van der Waals surface area (Å²) in [6.45, 7) is 2.78. The Morgan fingerprint density at radius 1 is 0.931 bits per heavy atom. The molecule has 0 aliphatic rings. The maximum Gasteiger partial charge on any atom is 0.277 e. The average Bonchev–Trinajstić information content (AvgIpc) is 2.77. The number of allylic oxidation sites excluding steroid dienone is 1. The molecule has 0 heterocycles. The molecule has 0 bridgehead atoms. The molecule has 0 N–H and O–H groups in total. The Bertz CT molecular complexity index is 722. The van der Waals surface area contributed by atoms with Crippen molar-refractivity contribution in [2.24, 2.45) is 0 Å². The highest BCUT2D eigenvalue weighted by molar-refractivity contribution is 5.93. The molecule has 0 spiro atoms. The van der Waals surface area contributed by atoms with Crippen molar-refractivity contribution in [2.75, 3.05) is 13.7 Å². The Morgan fingerprint density at radius 2 is 1.62 bits per heavy atom. The first-order chi connectivity index (χ1) is 14.2. The molecule has 29 heavy (non-hydrogen) atoms. The lowest BCUT2D eigenvalue weighted by Gasteiger charge is -2.19. The summed E-state index contributed by atoms with van der Waals surface area (Å²) in [5.41, 5.74) is 2.96. The Labute approximate surface area is 176 Å². The van der Waals surface area contributed by atoms with Gasteiger partial charge >= 0.3 is 0 Å². The van der Waals surface area contributed by atoms with Gasteiger partial charge < -0.3 is 0 Å². The lowest BCUT2D eigenvalue weighted by Crippen LogP contribution is -2.31. The van der Waals surface area contributed by atoms with E-state index < -0.39 is 0 Å². The molecule has 2 aromatic carbocycles. The van der Waals surface area contributed by atoms with E-state index in [1.807, 2.05) is 42.5 Å². The van der Waals surface area contributed by atoms with E-state index in [1.54, 1.807) is 7.11 Å². The predicted molar refractivity (Wildman–Crippen MR) is 122 cm³/mol. The lowest BCUT2D eigenvalue weighted by molar-refractivity contribution is -0.0942. The third-order valence-electron chi connectivity index (χ3n) is 5.09. The number of hydroxylamine groups is 2. The van der Waals surface area contributed by atoms with Crippen LogP contribution < -0.4 is 0 Å². The minimum atomic E-state index is -0.106. The third-order valence-corrected chi connectivity index (χ3v) is 5.09. The van der Waals surface area contributed by atoms with E-state index in [0.29, 0.717) is 12.1 Å². The zero-order valence-electron chi connectivity index (χ0n) is 18.0. The zero-order valence-corrected chi connectivity index (χ0v) is 18.0. The van der Waals surface area contributed by atoms with Crippen LogP contribution in [0.1, 0.15) is 73.4 Å². The summed E-state index contributed by atoms with van der Waals surface area (Å²) in [6, 6.07) is 17.9. The van der Waals surface area contributed by atoms with E-state index in [2.05, 4.69) is 31.2 Å². The Kier molecular flexibility index (Phi) is 10.8. The molecule has 0 atom stereocenters. The van der Waals surface area contributed by atoms with Crippen LogP contribution in [0.3, 0.4) is 0 Å². The Hall–Kier alpha value is -2.39. The van der Waals surface area contributed by atoms with Gasteiger partial charge in [0.1, 0.15) is 0 Å². The van der Waals surface area contributed by atoms with Crippen molar-refractivity contribution in [2.45, 2.75) is 58.3 Å². The van der Waals surface area contributed by atoms with Gasteiger partial charge in [0, 0.05) is 5.56 Å². The largest absolute Gasteiger partial charge is 0.277 e. The van der Waals surface area contributed by atoms with E-state index in [0.717, 1.165) is 18.4 Å². The summed E-state index contributed by atoms with van der Waals surface area (Å²) in [6.07, 6.45) is 14.2. The molecule has 0 aliphatic carbocycles. The standard InChI is InChI=1S/C26H35NO2/c1-3-4-5-6-7-8-9-11-16-24-17-19-25(20-18-24)26(28)27(29-2)22-21-23-14-12-10-13-15-23/h10-20H,3-9,21-22H2,1-2H3. The van der Waals surface area contributed by atoms with Crippen LogP contribution in [0.2, 0.25) is 0 Å². The second-order valence-corrected chi connectivity index (χ2v) is 7.41. The maximum atomic E-state index is 12.7. The van der Waals surface area contributed by atoms with E-state index in [1.165, 1.54) is 49.2 Å². The minimum Gasteiger partial charge on any atom is -0.274 e. The highest BCUT2D eigenvalue weighted by Crippen LogP contribution is 2.12. The van der Waals surface area contributed by atoms with Crippen LogP contribution in [-0.4, -0.2) is 24.6 Å². The van der Waals surface area contributed by atoms with Gasteiger partial charge in [0.25, 0.3) is 5.91 Å². The van der Waals surface area contributed by atoms with E-state index in [4.69, 9.17) is 4.84 Å². The first kappa shape index (κ1) is 22.9. The number of nitrogens with zero attached hydrogens (tertiary/aromatic N) is 1. The lowest BCUT2D eigenvalue weighted by atomic mass is 10.1. The van der Waals surface area contributed by atoms with Gasteiger partial charge in [-0.3, -0.25) is 9.63 Å². The van der Waals surface area contributed by atoms with E-state index >= 15 is 0 Å².